The van der Waals surface area contributed by atoms with E-state index in [1.54, 1.807) is 12.1 Å². The number of nitrogens with one attached hydrogen (secondary N) is 1. The molecular formula is C14H17N2O2-. The normalized spacial score (nSPS) is 21.8. The highest BCUT2D eigenvalue weighted by Crippen LogP contribution is 2.21. The highest BCUT2D eigenvalue weighted by molar-refractivity contribution is 5.87. The fraction of sp³-hybridized carbons (Fsp3) is 0.429. The van der Waals surface area contributed by atoms with Gasteiger partial charge >= 0.3 is 0 Å². The lowest BCUT2D eigenvalue weighted by atomic mass is 9.89. The zero-order valence-corrected chi connectivity index (χ0v) is 10.5. The van der Waals surface area contributed by atoms with Crippen LogP contribution in [0.3, 0.4) is 0 Å². The lowest BCUT2D eigenvalue weighted by Gasteiger charge is -2.19. The molecule has 1 saturated carbocycles. The second-order valence-corrected chi connectivity index (χ2v) is 4.86. The number of benzene rings is 1. The SMILES string of the molecule is C[C@@H]1CCC/C(=N/Nc2ccc(C(=O)[O-])cc2)C1. The molecule has 0 aliphatic heterocycles. The van der Waals surface area contributed by atoms with Crippen molar-refractivity contribution in [3.05, 3.63) is 29.8 Å². The number of carboxylic acids is 1. The number of carbonyl (C=O) groups excluding carboxylic acids is 1. The molecular weight excluding hydrogens is 228 g/mol. The van der Waals surface area contributed by atoms with Gasteiger partial charge in [-0.15, -0.1) is 0 Å². The van der Waals surface area contributed by atoms with Crippen LogP contribution in [0.5, 0.6) is 0 Å². The van der Waals surface area contributed by atoms with E-state index in [9.17, 15) is 9.90 Å². The van der Waals surface area contributed by atoms with Gasteiger partial charge in [0.1, 0.15) is 0 Å². The number of carbonyl (C=O) groups is 1. The Morgan fingerprint density at radius 3 is 2.72 bits per heavy atom. The van der Waals surface area contributed by atoms with Crippen molar-refractivity contribution in [1.29, 1.82) is 0 Å². The first-order valence-corrected chi connectivity index (χ1v) is 6.28. The number of rotatable bonds is 3. The van der Waals surface area contributed by atoms with Crippen molar-refractivity contribution in [2.24, 2.45) is 11.0 Å². The van der Waals surface area contributed by atoms with Crippen molar-refractivity contribution in [2.75, 3.05) is 5.43 Å². The summed E-state index contributed by atoms with van der Waals surface area (Å²) in [4.78, 5) is 10.6. The molecule has 1 aliphatic rings. The predicted octanol–water partition coefficient (Wildman–Crippen LogP) is 2.03. The van der Waals surface area contributed by atoms with Crippen LogP contribution in [0, 0.1) is 5.92 Å². The maximum Gasteiger partial charge on any atom is 0.0715 e. The van der Waals surface area contributed by atoms with E-state index in [1.165, 1.54) is 30.7 Å². The number of hydrazone groups is 1. The van der Waals surface area contributed by atoms with Gasteiger partial charge in [-0.2, -0.15) is 5.10 Å². The number of hydrogen-bond donors (Lipinski definition) is 1. The van der Waals surface area contributed by atoms with Crippen LogP contribution in [-0.2, 0) is 0 Å². The largest absolute Gasteiger partial charge is 0.545 e. The van der Waals surface area contributed by atoms with Gasteiger partial charge in [-0.3, -0.25) is 5.43 Å². The highest BCUT2D eigenvalue weighted by Gasteiger charge is 2.13. The zero-order valence-electron chi connectivity index (χ0n) is 10.5. The van der Waals surface area contributed by atoms with E-state index in [0.717, 1.165) is 18.5 Å². The molecule has 0 bridgehead atoms. The van der Waals surface area contributed by atoms with Crippen LogP contribution in [0.15, 0.2) is 29.4 Å². The summed E-state index contributed by atoms with van der Waals surface area (Å²) in [7, 11) is 0. The molecule has 4 heteroatoms. The number of nitrogens with zero attached hydrogens (tertiary/aromatic N) is 1. The van der Waals surface area contributed by atoms with Crippen molar-refractivity contribution in [1.82, 2.24) is 0 Å². The van der Waals surface area contributed by atoms with Gasteiger partial charge in [-0.05, 0) is 49.3 Å². The molecule has 96 valence electrons. The molecule has 0 amide bonds. The minimum atomic E-state index is -1.16. The fourth-order valence-electron chi connectivity index (χ4n) is 2.19. The van der Waals surface area contributed by atoms with Gasteiger partial charge in [0.15, 0.2) is 0 Å². The van der Waals surface area contributed by atoms with Crippen molar-refractivity contribution in [2.45, 2.75) is 32.6 Å². The molecule has 1 aromatic carbocycles. The first-order valence-electron chi connectivity index (χ1n) is 6.28. The Bertz CT molecular complexity index is 451. The van der Waals surface area contributed by atoms with Gasteiger partial charge in [0.2, 0.25) is 0 Å². The standard InChI is InChI=1S/C14H18N2O2/c1-10-3-2-4-13(9-10)16-15-12-7-5-11(6-8-12)14(17)18/h5-8,10,15H,2-4,9H2,1H3,(H,17,18)/p-1/b16-13-/t10-/m1/s1. The van der Waals surface area contributed by atoms with E-state index in [-0.39, 0.29) is 5.56 Å². The van der Waals surface area contributed by atoms with Gasteiger partial charge in [0.25, 0.3) is 0 Å². The third-order valence-corrected chi connectivity index (χ3v) is 3.21. The smallest absolute Gasteiger partial charge is 0.0715 e. The average Bonchev–Trinajstić information content (AvgIpc) is 2.37. The van der Waals surface area contributed by atoms with E-state index < -0.39 is 5.97 Å². The molecule has 1 aliphatic carbocycles. The molecule has 0 unspecified atom stereocenters. The molecule has 0 saturated heterocycles. The molecule has 0 radical (unpaired) electrons. The summed E-state index contributed by atoms with van der Waals surface area (Å²) in [6.45, 7) is 2.24. The van der Waals surface area contributed by atoms with Gasteiger partial charge in [-0.25, -0.2) is 0 Å². The summed E-state index contributed by atoms with van der Waals surface area (Å²) in [6, 6.07) is 6.42. The fourth-order valence-corrected chi connectivity index (χ4v) is 2.19. The summed E-state index contributed by atoms with van der Waals surface area (Å²) in [5.74, 6) is -0.450. The lowest BCUT2D eigenvalue weighted by Crippen LogP contribution is -2.21. The molecule has 1 atom stereocenters. The number of hydrogen-bond acceptors (Lipinski definition) is 4. The van der Waals surface area contributed by atoms with Crippen LogP contribution in [-0.4, -0.2) is 11.7 Å². The number of aromatic carboxylic acids is 1. The Balaban J connectivity index is 1.97. The van der Waals surface area contributed by atoms with Gasteiger partial charge < -0.3 is 9.90 Å². The summed E-state index contributed by atoms with van der Waals surface area (Å²) in [5, 5.41) is 15.0. The maximum absolute atomic E-state index is 10.6. The average molecular weight is 245 g/mol. The Hall–Kier alpha value is -1.84. The topological polar surface area (TPSA) is 64.5 Å². The number of anilines is 1. The molecule has 1 N–H and O–H groups in total. The third-order valence-electron chi connectivity index (χ3n) is 3.21. The van der Waals surface area contributed by atoms with Crippen LogP contribution in [0.2, 0.25) is 0 Å². The van der Waals surface area contributed by atoms with Gasteiger partial charge in [-0.1, -0.05) is 19.1 Å². The predicted molar refractivity (Wildman–Crippen MR) is 69.5 cm³/mol. The quantitative estimate of drug-likeness (QED) is 0.829. The van der Waals surface area contributed by atoms with Crippen molar-refractivity contribution in [3.63, 3.8) is 0 Å². The lowest BCUT2D eigenvalue weighted by molar-refractivity contribution is -0.255. The molecule has 2 rings (SSSR count). The highest BCUT2D eigenvalue weighted by atomic mass is 16.4. The maximum atomic E-state index is 10.6. The van der Waals surface area contributed by atoms with Crippen molar-refractivity contribution < 1.29 is 9.90 Å². The third kappa shape index (κ3) is 3.32. The zero-order chi connectivity index (χ0) is 13.0. The van der Waals surface area contributed by atoms with E-state index >= 15 is 0 Å². The Morgan fingerprint density at radius 1 is 1.39 bits per heavy atom. The molecule has 0 heterocycles. The minimum absolute atomic E-state index is 0.180. The van der Waals surface area contributed by atoms with Gasteiger partial charge in [0, 0.05) is 5.71 Å². The second kappa shape index (κ2) is 5.67. The van der Waals surface area contributed by atoms with Crippen molar-refractivity contribution in [3.8, 4) is 0 Å². The first-order chi connectivity index (χ1) is 8.65. The monoisotopic (exact) mass is 245 g/mol. The molecule has 18 heavy (non-hydrogen) atoms. The van der Waals surface area contributed by atoms with Crippen LogP contribution in [0.1, 0.15) is 43.0 Å². The summed E-state index contributed by atoms with van der Waals surface area (Å²) < 4.78 is 0. The molecule has 0 spiro atoms. The Morgan fingerprint density at radius 2 is 2.11 bits per heavy atom. The molecule has 1 aromatic rings. The van der Waals surface area contributed by atoms with Crippen LogP contribution in [0.4, 0.5) is 5.69 Å². The van der Waals surface area contributed by atoms with Gasteiger partial charge in [0.05, 0.1) is 11.7 Å². The Kier molecular flexibility index (Phi) is 3.97. The number of carboxylic acid groups (broad SMARTS) is 1. The summed E-state index contributed by atoms with van der Waals surface area (Å²) in [5.41, 5.74) is 5.15. The summed E-state index contributed by atoms with van der Waals surface area (Å²) >= 11 is 0. The summed E-state index contributed by atoms with van der Waals surface area (Å²) in [6.07, 6.45) is 4.57. The molecule has 0 aromatic heterocycles. The van der Waals surface area contributed by atoms with E-state index in [0.29, 0.717) is 5.92 Å². The molecule has 1 fully saturated rings. The van der Waals surface area contributed by atoms with E-state index in [4.69, 9.17) is 0 Å². The van der Waals surface area contributed by atoms with Crippen LogP contribution >= 0.6 is 0 Å². The molecule has 4 nitrogen and oxygen atoms in total. The second-order valence-electron chi connectivity index (χ2n) is 4.86. The first kappa shape index (κ1) is 12.6. The van der Waals surface area contributed by atoms with Crippen LogP contribution < -0.4 is 10.5 Å². The Labute approximate surface area is 107 Å². The van der Waals surface area contributed by atoms with E-state index in [1.807, 2.05) is 0 Å². The minimum Gasteiger partial charge on any atom is -0.545 e. The van der Waals surface area contributed by atoms with Crippen molar-refractivity contribution >= 4 is 17.4 Å². The van der Waals surface area contributed by atoms with Crippen LogP contribution in [0.25, 0.3) is 0 Å². The van der Waals surface area contributed by atoms with E-state index in [2.05, 4.69) is 17.5 Å².